The molecular weight excluding hydrogens is 558 g/mol. The van der Waals surface area contributed by atoms with Crippen LogP contribution >= 0.6 is 0 Å². The fraction of sp³-hybridized carbons (Fsp3) is 0.314. The molecule has 1 aromatic heterocycles. The molecule has 0 saturated heterocycles. The van der Waals surface area contributed by atoms with E-state index in [1.807, 2.05) is 67.6 Å². The molecule has 0 aliphatic heterocycles. The van der Waals surface area contributed by atoms with Crippen molar-refractivity contribution in [1.82, 2.24) is 10.5 Å². The molecule has 0 radical (unpaired) electrons. The second-order valence-corrected chi connectivity index (χ2v) is 11.1. The van der Waals surface area contributed by atoms with E-state index in [9.17, 15) is 14.4 Å². The van der Waals surface area contributed by atoms with Crippen LogP contribution in [0.3, 0.4) is 0 Å². The van der Waals surface area contributed by atoms with Crippen LogP contribution in [0.5, 0.6) is 5.75 Å². The number of hydroxylamine groups is 1. The number of carbonyl (C=O) groups is 3. The van der Waals surface area contributed by atoms with E-state index in [2.05, 4.69) is 15.8 Å². The number of hydrogen-bond donors (Lipinski definition) is 2. The topological polar surface area (TPSA) is 116 Å². The number of pyridine rings is 1. The number of hydrogen-bond acceptors (Lipinski definition) is 7. The summed E-state index contributed by atoms with van der Waals surface area (Å²) in [5.41, 5.74) is 6.89. The van der Waals surface area contributed by atoms with Crippen molar-refractivity contribution in [3.05, 3.63) is 102 Å². The highest BCUT2D eigenvalue weighted by Crippen LogP contribution is 2.38. The summed E-state index contributed by atoms with van der Waals surface area (Å²) < 4.78 is 11.0. The second kappa shape index (κ2) is 14.6. The highest BCUT2D eigenvalue weighted by Gasteiger charge is 2.43. The lowest BCUT2D eigenvalue weighted by Crippen LogP contribution is -2.46. The lowest BCUT2D eigenvalue weighted by Gasteiger charge is -2.35. The summed E-state index contributed by atoms with van der Waals surface area (Å²) in [5, 5.41) is 4.00. The summed E-state index contributed by atoms with van der Waals surface area (Å²) in [6.45, 7) is 2.53. The predicted octanol–water partition coefficient (Wildman–Crippen LogP) is 5.90. The fourth-order valence-electron chi connectivity index (χ4n) is 5.88. The normalized spacial score (nSPS) is 17.9. The van der Waals surface area contributed by atoms with Gasteiger partial charge in [0.15, 0.2) is 0 Å². The fourth-order valence-corrected chi connectivity index (χ4v) is 5.88. The van der Waals surface area contributed by atoms with Crippen LogP contribution in [-0.4, -0.2) is 29.9 Å². The number of esters is 1. The zero-order valence-corrected chi connectivity index (χ0v) is 25.0. The number of anilines is 1. The number of rotatable bonds is 11. The van der Waals surface area contributed by atoms with Crippen LogP contribution in [-0.2, 0) is 37.2 Å². The molecule has 1 heterocycles. The largest absolute Gasteiger partial charge is 0.489 e. The number of ether oxygens (including phenoxy) is 2. The van der Waals surface area contributed by atoms with Gasteiger partial charge in [0.1, 0.15) is 12.4 Å². The summed E-state index contributed by atoms with van der Waals surface area (Å²) in [5.74, 6) is -2.20. The first kappa shape index (κ1) is 30.7. The summed E-state index contributed by atoms with van der Waals surface area (Å²) >= 11 is 0. The third kappa shape index (κ3) is 7.79. The van der Waals surface area contributed by atoms with Gasteiger partial charge >= 0.3 is 5.97 Å². The molecule has 9 heteroatoms. The van der Waals surface area contributed by atoms with Crippen molar-refractivity contribution in [3.8, 4) is 5.75 Å². The molecule has 3 unspecified atom stereocenters. The number of methoxy groups -OCH3 is 1. The van der Waals surface area contributed by atoms with E-state index in [4.69, 9.17) is 14.3 Å². The summed E-state index contributed by atoms with van der Waals surface area (Å²) in [6, 6.07) is 26.6. The molecule has 9 nitrogen and oxygen atoms in total. The van der Waals surface area contributed by atoms with Gasteiger partial charge in [0.2, 0.25) is 11.8 Å². The van der Waals surface area contributed by atoms with Crippen LogP contribution in [0.2, 0.25) is 0 Å². The molecule has 4 aromatic rings. The van der Waals surface area contributed by atoms with Crippen molar-refractivity contribution in [1.29, 1.82) is 0 Å². The predicted molar refractivity (Wildman–Crippen MR) is 166 cm³/mol. The molecule has 228 valence electrons. The van der Waals surface area contributed by atoms with Crippen molar-refractivity contribution in [3.63, 3.8) is 0 Å². The molecule has 1 fully saturated rings. The molecule has 3 atom stereocenters. The van der Waals surface area contributed by atoms with Gasteiger partial charge in [-0.15, -0.1) is 0 Å². The number of nitrogens with zero attached hydrogens (tertiary/aromatic N) is 1. The number of carbonyl (C=O) groups excluding carboxylic acids is 3. The Hall–Kier alpha value is -4.76. The molecule has 5 rings (SSSR count). The van der Waals surface area contributed by atoms with Gasteiger partial charge in [-0.25, -0.2) is 5.48 Å². The Morgan fingerprint density at radius 3 is 2.41 bits per heavy atom. The first-order chi connectivity index (χ1) is 21.4. The number of aryl methyl sites for hydroxylation is 1. The maximum Gasteiger partial charge on any atom is 0.305 e. The van der Waals surface area contributed by atoms with E-state index in [-0.39, 0.29) is 30.8 Å². The Kier molecular flexibility index (Phi) is 10.2. The third-order valence-corrected chi connectivity index (χ3v) is 8.03. The SMILES string of the molecule is COC(=O)CC1CCCC(C(=O)NOCc2ccccc2)C1C(=O)Nc1ccc(OCc2cc(C)nc3ccccc23)cc1. The Morgan fingerprint density at radius 1 is 0.886 bits per heavy atom. The number of aromatic nitrogens is 1. The Bertz CT molecular complexity index is 1590. The Labute approximate surface area is 256 Å². The van der Waals surface area contributed by atoms with Gasteiger partial charge in [-0.05, 0) is 67.6 Å². The minimum Gasteiger partial charge on any atom is -0.489 e. The molecule has 1 aliphatic rings. The summed E-state index contributed by atoms with van der Waals surface area (Å²) in [6.07, 6.45) is 1.91. The van der Waals surface area contributed by atoms with Gasteiger partial charge in [-0.2, -0.15) is 0 Å². The van der Waals surface area contributed by atoms with Crippen molar-refractivity contribution < 1.29 is 28.7 Å². The van der Waals surface area contributed by atoms with Gasteiger partial charge in [-0.3, -0.25) is 24.2 Å². The standard InChI is InChI=1S/C35H37N3O6/c1-23-19-26(29-12-6-7-14-31(29)36-23)22-43-28-17-15-27(16-18-28)37-35(41)33-25(20-32(39)42-2)11-8-13-30(33)34(40)38-44-21-24-9-4-3-5-10-24/h3-7,9-10,12,14-19,25,30,33H,8,11,13,20-22H2,1-2H3,(H,37,41)(H,38,40). The van der Waals surface area contributed by atoms with Crippen LogP contribution in [0.4, 0.5) is 5.69 Å². The molecular formula is C35H37N3O6. The van der Waals surface area contributed by atoms with E-state index in [1.165, 1.54) is 7.11 Å². The number of benzene rings is 3. The lowest BCUT2D eigenvalue weighted by molar-refractivity contribution is -0.150. The first-order valence-electron chi connectivity index (χ1n) is 14.8. The number of para-hydroxylation sites is 1. The van der Waals surface area contributed by atoms with E-state index in [0.29, 0.717) is 37.3 Å². The maximum atomic E-state index is 13.7. The average molecular weight is 596 g/mol. The highest BCUT2D eigenvalue weighted by atomic mass is 16.6. The molecule has 0 bridgehead atoms. The maximum absolute atomic E-state index is 13.7. The zero-order chi connectivity index (χ0) is 30.9. The number of nitrogens with one attached hydrogen (secondary N) is 2. The third-order valence-electron chi connectivity index (χ3n) is 8.03. The van der Waals surface area contributed by atoms with Crippen LogP contribution in [0.1, 0.15) is 42.5 Å². The molecule has 2 N–H and O–H groups in total. The Balaban J connectivity index is 1.24. The van der Waals surface area contributed by atoms with Crippen LogP contribution in [0.15, 0.2) is 84.9 Å². The van der Waals surface area contributed by atoms with Crippen LogP contribution in [0.25, 0.3) is 10.9 Å². The minimum atomic E-state index is -0.734. The second-order valence-electron chi connectivity index (χ2n) is 11.1. The van der Waals surface area contributed by atoms with E-state index < -0.39 is 17.8 Å². The van der Waals surface area contributed by atoms with Gasteiger partial charge in [0, 0.05) is 28.8 Å². The molecule has 44 heavy (non-hydrogen) atoms. The quantitative estimate of drug-likeness (QED) is 0.164. The van der Waals surface area contributed by atoms with Crippen LogP contribution < -0.4 is 15.5 Å². The lowest BCUT2D eigenvalue weighted by atomic mass is 9.70. The first-order valence-corrected chi connectivity index (χ1v) is 14.8. The number of fused-ring (bicyclic) bond motifs is 1. The summed E-state index contributed by atoms with van der Waals surface area (Å²) in [7, 11) is 1.32. The molecule has 3 aromatic carbocycles. The highest BCUT2D eigenvalue weighted by molar-refractivity contribution is 5.96. The van der Waals surface area contributed by atoms with E-state index in [0.717, 1.165) is 27.7 Å². The monoisotopic (exact) mass is 595 g/mol. The van der Waals surface area contributed by atoms with Gasteiger partial charge in [0.05, 0.1) is 31.1 Å². The van der Waals surface area contributed by atoms with E-state index in [1.54, 1.807) is 24.3 Å². The summed E-state index contributed by atoms with van der Waals surface area (Å²) in [4.78, 5) is 49.2. The van der Waals surface area contributed by atoms with Gasteiger partial charge in [-0.1, -0.05) is 55.0 Å². The Morgan fingerprint density at radius 2 is 1.64 bits per heavy atom. The zero-order valence-electron chi connectivity index (χ0n) is 25.0. The molecule has 1 aliphatic carbocycles. The minimum absolute atomic E-state index is 0.0547. The average Bonchev–Trinajstić information content (AvgIpc) is 3.04. The van der Waals surface area contributed by atoms with Crippen molar-refractivity contribution in [2.75, 3.05) is 12.4 Å². The molecule has 1 saturated carbocycles. The van der Waals surface area contributed by atoms with Crippen LogP contribution in [0, 0.1) is 24.7 Å². The van der Waals surface area contributed by atoms with Gasteiger partial charge < -0.3 is 14.8 Å². The van der Waals surface area contributed by atoms with Gasteiger partial charge in [0.25, 0.3) is 0 Å². The van der Waals surface area contributed by atoms with Crippen molar-refractivity contribution >= 4 is 34.4 Å². The van der Waals surface area contributed by atoms with Crippen molar-refractivity contribution in [2.24, 2.45) is 17.8 Å². The van der Waals surface area contributed by atoms with Crippen molar-refractivity contribution in [2.45, 2.75) is 45.8 Å². The number of amides is 2. The molecule has 0 spiro atoms. The molecule has 2 amide bonds. The smallest absolute Gasteiger partial charge is 0.305 e. The van der Waals surface area contributed by atoms with E-state index >= 15 is 0 Å².